The minimum atomic E-state index is -0.440. The van der Waals surface area contributed by atoms with Gasteiger partial charge in [-0.1, -0.05) is 50.8 Å². The number of ether oxygens (including phenoxy) is 1. The summed E-state index contributed by atoms with van der Waals surface area (Å²) in [4.78, 5) is 25.4. The lowest BCUT2D eigenvalue weighted by Gasteiger charge is -2.20. The van der Waals surface area contributed by atoms with Crippen molar-refractivity contribution in [3.8, 4) is 0 Å². The molecule has 2 heterocycles. The zero-order valence-electron chi connectivity index (χ0n) is 17.9. The molecule has 1 amide bonds. The molecule has 7 nitrogen and oxygen atoms in total. The second-order valence-corrected chi connectivity index (χ2v) is 9.72. The highest BCUT2D eigenvalue weighted by atomic mass is 32.2. The Morgan fingerprint density at radius 3 is 2.77 bits per heavy atom. The number of thioether (sulfide) groups is 1. The highest BCUT2D eigenvalue weighted by molar-refractivity contribution is 7.99. The molecule has 9 heteroatoms. The lowest BCUT2D eigenvalue weighted by atomic mass is 9.86. The third kappa shape index (κ3) is 5.85. The molecule has 1 aliphatic carbocycles. The van der Waals surface area contributed by atoms with Gasteiger partial charge in [-0.05, 0) is 24.8 Å². The average molecular weight is 451 g/mol. The van der Waals surface area contributed by atoms with Crippen molar-refractivity contribution in [2.24, 2.45) is 13.0 Å². The van der Waals surface area contributed by atoms with Crippen molar-refractivity contribution in [3.63, 3.8) is 0 Å². The summed E-state index contributed by atoms with van der Waals surface area (Å²) in [5.74, 6) is 1.36. The number of nitrogens with one attached hydrogen (secondary N) is 1. The first kappa shape index (κ1) is 22.8. The fraction of sp³-hybridized carbons (Fsp3) is 0.619. The number of aryl methyl sites for hydroxylation is 2. The molecular formula is C21H30N4O3S2. The maximum absolute atomic E-state index is 12.5. The first-order valence-corrected chi connectivity index (χ1v) is 12.3. The Hall–Kier alpha value is -1.87. The Labute approximate surface area is 186 Å². The number of hydrogen-bond acceptors (Lipinski definition) is 7. The lowest BCUT2D eigenvalue weighted by Crippen LogP contribution is -2.16. The van der Waals surface area contributed by atoms with Gasteiger partial charge in [-0.25, -0.2) is 4.79 Å². The van der Waals surface area contributed by atoms with Crippen molar-refractivity contribution >= 4 is 40.0 Å². The molecule has 0 saturated heterocycles. The molecule has 0 radical (unpaired) electrons. The van der Waals surface area contributed by atoms with E-state index in [4.69, 9.17) is 4.74 Å². The summed E-state index contributed by atoms with van der Waals surface area (Å²) in [6.07, 6.45) is 9.61. The first-order valence-electron chi connectivity index (χ1n) is 10.5. The Bertz CT molecular complexity index is 872. The number of amides is 1. The van der Waals surface area contributed by atoms with Crippen LogP contribution in [0.4, 0.5) is 5.00 Å². The maximum atomic E-state index is 12.5. The second-order valence-electron chi connectivity index (χ2n) is 7.64. The van der Waals surface area contributed by atoms with E-state index in [1.165, 1.54) is 62.3 Å². The van der Waals surface area contributed by atoms with Crippen LogP contribution in [0.3, 0.4) is 0 Å². The molecule has 2 aromatic rings. The van der Waals surface area contributed by atoms with Gasteiger partial charge in [-0.3, -0.25) is 4.79 Å². The van der Waals surface area contributed by atoms with Crippen LogP contribution in [0.2, 0.25) is 0 Å². The maximum Gasteiger partial charge on any atom is 0.340 e. The van der Waals surface area contributed by atoms with Crippen LogP contribution in [0.15, 0.2) is 11.2 Å². The monoisotopic (exact) mass is 450 g/mol. The summed E-state index contributed by atoms with van der Waals surface area (Å²) in [6, 6.07) is 1.78. The van der Waals surface area contributed by atoms with Crippen LogP contribution in [0, 0.1) is 5.92 Å². The van der Waals surface area contributed by atoms with E-state index >= 15 is 0 Å². The van der Waals surface area contributed by atoms with Gasteiger partial charge in [0.1, 0.15) is 10.8 Å². The van der Waals surface area contributed by atoms with Crippen molar-refractivity contribution in [2.45, 2.75) is 63.4 Å². The topological polar surface area (TPSA) is 86.1 Å². The lowest BCUT2D eigenvalue weighted by molar-refractivity contribution is -0.113. The van der Waals surface area contributed by atoms with Crippen LogP contribution in [0.25, 0.3) is 0 Å². The fourth-order valence-electron chi connectivity index (χ4n) is 3.76. The minimum absolute atomic E-state index is 0.179. The van der Waals surface area contributed by atoms with Gasteiger partial charge in [0.2, 0.25) is 5.91 Å². The normalized spacial score (nSPS) is 14.6. The van der Waals surface area contributed by atoms with E-state index in [9.17, 15) is 9.59 Å². The number of esters is 1. The summed E-state index contributed by atoms with van der Waals surface area (Å²) in [6.45, 7) is 2.01. The van der Waals surface area contributed by atoms with Crippen molar-refractivity contribution in [2.75, 3.05) is 18.2 Å². The van der Waals surface area contributed by atoms with Gasteiger partial charge in [0, 0.05) is 18.3 Å². The fourth-order valence-corrected chi connectivity index (χ4v) is 5.49. The summed E-state index contributed by atoms with van der Waals surface area (Å²) in [5, 5.41) is 12.7. The number of anilines is 1. The van der Waals surface area contributed by atoms with Crippen molar-refractivity contribution in [1.29, 1.82) is 0 Å². The van der Waals surface area contributed by atoms with Crippen molar-refractivity contribution in [3.05, 3.63) is 22.3 Å². The number of hydrogen-bond donors (Lipinski definition) is 1. The number of rotatable bonds is 9. The van der Waals surface area contributed by atoms with E-state index in [1.807, 2.05) is 18.5 Å². The summed E-state index contributed by atoms with van der Waals surface area (Å²) in [7, 11) is 3.30. The molecule has 2 aromatic heterocycles. The van der Waals surface area contributed by atoms with Gasteiger partial charge < -0.3 is 14.6 Å². The molecule has 1 saturated carbocycles. The molecule has 1 N–H and O–H groups in total. The Balaban J connectivity index is 1.53. The summed E-state index contributed by atoms with van der Waals surface area (Å²) in [5.41, 5.74) is 0.404. The van der Waals surface area contributed by atoms with Crippen molar-refractivity contribution in [1.82, 2.24) is 14.8 Å². The molecule has 0 spiro atoms. The van der Waals surface area contributed by atoms with Crippen LogP contribution >= 0.6 is 23.1 Å². The Kier molecular flexibility index (Phi) is 8.32. The average Bonchev–Trinajstić information content (AvgIpc) is 3.34. The van der Waals surface area contributed by atoms with Gasteiger partial charge in [0.15, 0.2) is 5.16 Å². The SMILES string of the molecule is CCc1cc(C(=O)OC)c(NC(=O)CSc2nnc(CCC3CCCCC3)n2C)s1. The molecule has 1 aliphatic rings. The molecule has 0 aliphatic heterocycles. The van der Waals surface area contributed by atoms with Crippen LogP contribution in [0.5, 0.6) is 0 Å². The third-order valence-electron chi connectivity index (χ3n) is 5.55. The number of nitrogens with zero attached hydrogens (tertiary/aromatic N) is 3. The molecule has 0 bridgehead atoms. The Morgan fingerprint density at radius 2 is 2.07 bits per heavy atom. The molecule has 0 atom stereocenters. The van der Waals surface area contributed by atoms with Crippen LogP contribution < -0.4 is 5.32 Å². The van der Waals surface area contributed by atoms with E-state index in [-0.39, 0.29) is 11.7 Å². The van der Waals surface area contributed by atoms with Crippen LogP contribution in [-0.4, -0.2) is 39.5 Å². The highest BCUT2D eigenvalue weighted by Gasteiger charge is 2.19. The van der Waals surface area contributed by atoms with Gasteiger partial charge >= 0.3 is 5.97 Å². The molecular weight excluding hydrogens is 420 g/mol. The summed E-state index contributed by atoms with van der Waals surface area (Å²) < 4.78 is 6.81. The third-order valence-corrected chi connectivity index (χ3v) is 7.76. The number of aromatic nitrogens is 3. The molecule has 30 heavy (non-hydrogen) atoms. The van der Waals surface area contributed by atoms with Gasteiger partial charge in [0.25, 0.3) is 0 Å². The van der Waals surface area contributed by atoms with Crippen LogP contribution in [0.1, 0.15) is 66.5 Å². The molecule has 1 fully saturated rings. The molecule has 3 rings (SSSR count). The first-order chi connectivity index (χ1) is 14.5. The molecule has 0 unspecified atom stereocenters. The van der Waals surface area contributed by atoms with E-state index in [0.29, 0.717) is 10.6 Å². The smallest absolute Gasteiger partial charge is 0.340 e. The number of carbonyl (C=O) groups is 2. The predicted molar refractivity (Wildman–Crippen MR) is 120 cm³/mol. The van der Waals surface area contributed by atoms with E-state index in [1.54, 1.807) is 6.07 Å². The van der Waals surface area contributed by atoms with E-state index in [2.05, 4.69) is 15.5 Å². The largest absolute Gasteiger partial charge is 0.465 e. The quantitative estimate of drug-likeness (QED) is 0.448. The number of methoxy groups -OCH3 is 1. The molecule has 164 valence electrons. The van der Waals surface area contributed by atoms with Gasteiger partial charge in [0.05, 0.1) is 18.4 Å². The number of thiophene rings is 1. The van der Waals surface area contributed by atoms with Crippen molar-refractivity contribution < 1.29 is 14.3 Å². The Morgan fingerprint density at radius 1 is 1.30 bits per heavy atom. The van der Waals surface area contributed by atoms with Gasteiger partial charge in [-0.2, -0.15) is 0 Å². The van der Waals surface area contributed by atoms with E-state index < -0.39 is 5.97 Å². The van der Waals surface area contributed by atoms with Crippen LogP contribution in [-0.2, 0) is 29.4 Å². The zero-order chi connectivity index (χ0) is 21.5. The summed E-state index contributed by atoms with van der Waals surface area (Å²) >= 11 is 2.76. The predicted octanol–water partition coefficient (Wildman–Crippen LogP) is 4.47. The van der Waals surface area contributed by atoms with E-state index in [0.717, 1.165) is 41.0 Å². The second kappa shape index (κ2) is 10.9. The zero-order valence-corrected chi connectivity index (χ0v) is 19.5. The number of carbonyl (C=O) groups excluding carboxylic acids is 2. The highest BCUT2D eigenvalue weighted by Crippen LogP contribution is 2.30. The molecule has 0 aromatic carbocycles. The van der Waals surface area contributed by atoms with Gasteiger partial charge in [-0.15, -0.1) is 21.5 Å². The minimum Gasteiger partial charge on any atom is -0.465 e. The standard InChI is InChI=1S/C21H30N4O3S2/c1-4-15-12-16(20(27)28-3)19(30-15)22-18(26)13-29-21-24-23-17(25(21)2)11-10-14-8-6-5-7-9-14/h12,14H,4-11,13H2,1-3H3,(H,22,26).